The molecule has 0 aliphatic rings. The summed E-state index contributed by atoms with van der Waals surface area (Å²) in [6, 6.07) is 6.97. The number of anilines is 1. The molecule has 0 bridgehead atoms. The van der Waals surface area contributed by atoms with E-state index in [2.05, 4.69) is 20.5 Å². The summed E-state index contributed by atoms with van der Waals surface area (Å²) in [5.41, 5.74) is 0.537. The Bertz CT molecular complexity index is 622. The molecule has 0 spiro atoms. The van der Waals surface area contributed by atoms with Crippen molar-refractivity contribution in [2.45, 2.75) is 13.0 Å². The fourth-order valence-corrected chi connectivity index (χ4v) is 1.60. The Labute approximate surface area is 115 Å². The van der Waals surface area contributed by atoms with Crippen LogP contribution in [0, 0.1) is 0 Å². The van der Waals surface area contributed by atoms with Crippen LogP contribution in [0.1, 0.15) is 6.92 Å². The van der Waals surface area contributed by atoms with E-state index >= 15 is 0 Å². The van der Waals surface area contributed by atoms with Gasteiger partial charge in [-0.1, -0.05) is 0 Å². The lowest BCUT2D eigenvalue weighted by Gasteiger charge is -2.07. The number of aliphatic hydroxyl groups is 1. The quantitative estimate of drug-likeness (QED) is 0.740. The summed E-state index contributed by atoms with van der Waals surface area (Å²) in [5.74, 6) is 0.932. The number of hydrogen-bond donors (Lipinski definition) is 3. The maximum absolute atomic E-state index is 11.9. The summed E-state index contributed by atoms with van der Waals surface area (Å²) in [5, 5.41) is 19.7. The highest BCUT2D eigenvalue weighted by Crippen LogP contribution is 2.17. The molecule has 1 atom stereocenters. The van der Waals surface area contributed by atoms with Crippen LogP contribution in [0.2, 0.25) is 0 Å². The lowest BCUT2D eigenvalue weighted by molar-refractivity contribution is 0.208. The van der Waals surface area contributed by atoms with Crippen molar-refractivity contribution in [2.24, 2.45) is 0 Å². The maximum atomic E-state index is 11.9. The van der Waals surface area contributed by atoms with Crippen LogP contribution in [-0.2, 0) is 0 Å². The number of rotatable bonds is 5. The van der Waals surface area contributed by atoms with Crippen LogP contribution in [0.3, 0.4) is 0 Å². The van der Waals surface area contributed by atoms with Gasteiger partial charge in [0.1, 0.15) is 5.75 Å². The van der Waals surface area contributed by atoms with Gasteiger partial charge in [-0.2, -0.15) is 0 Å². The van der Waals surface area contributed by atoms with E-state index < -0.39 is 6.10 Å². The van der Waals surface area contributed by atoms with Crippen LogP contribution in [0.25, 0.3) is 11.3 Å². The SMILES string of the molecule is COc1ccc(-c2nnc(NCC(C)O)[nH]c2=O)cc1. The molecule has 0 saturated carbocycles. The number of ether oxygens (including phenoxy) is 1. The fourth-order valence-electron chi connectivity index (χ4n) is 1.60. The predicted octanol–water partition coefficient (Wildman–Crippen LogP) is 0.633. The second-order valence-corrected chi connectivity index (χ2v) is 4.31. The molecule has 1 aromatic carbocycles. The summed E-state index contributed by atoms with van der Waals surface area (Å²) in [6.07, 6.45) is -0.540. The molecule has 0 radical (unpaired) electrons. The van der Waals surface area contributed by atoms with E-state index in [0.717, 1.165) is 0 Å². The van der Waals surface area contributed by atoms with Crippen LogP contribution in [0.15, 0.2) is 29.1 Å². The van der Waals surface area contributed by atoms with E-state index in [9.17, 15) is 4.79 Å². The number of aromatic nitrogens is 3. The van der Waals surface area contributed by atoms with Gasteiger partial charge in [0.15, 0.2) is 5.69 Å². The monoisotopic (exact) mass is 276 g/mol. The van der Waals surface area contributed by atoms with Gasteiger partial charge < -0.3 is 15.2 Å². The first-order valence-corrected chi connectivity index (χ1v) is 6.13. The maximum Gasteiger partial charge on any atom is 0.279 e. The second kappa shape index (κ2) is 6.16. The second-order valence-electron chi connectivity index (χ2n) is 4.31. The van der Waals surface area contributed by atoms with Crippen molar-refractivity contribution < 1.29 is 9.84 Å². The average Bonchev–Trinajstić information content (AvgIpc) is 2.45. The third-order valence-corrected chi connectivity index (χ3v) is 2.63. The molecule has 106 valence electrons. The number of aromatic amines is 1. The van der Waals surface area contributed by atoms with Crippen LogP contribution in [0.4, 0.5) is 5.95 Å². The molecule has 2 rings (SSSR count). The summed E-state index contributed by atoms with van der Waals surface area (Å²) in [6.45, 7) is 1.91. The third kappa shape index (κ3) is 3.33. The molecule has 0 fully saturated rings. The highest BCUT2D eigenvalue weighted by atomic mass is 16.5. The number of nitrogens with zero attached hydrogens (tertiary/aromatic N) is 2. The first kappa shape index (κ1) is 14.0. The number of methoxy groups -OCH3 is 1. The summed E-state index contributed by atoms with van der Waals surface area (Å²) < 4.78 is 5.05. The van der Waals surface area contributed by atoms with Gasteiger partial charge in [-0.25, -0.2) is 0 Å². The first-order chi connectivity index (χ1) is 9.60. The van der Waals surface area contributed by atoms with Crippen molar-refractivity contribution in [3.05, 3.63) is 34.6 Å². The van der Waals surface area contributed by atoms with Crippen LogP contribution in [0.5, 0.6) is 5.75 Å². The zero-order valence-electron chi connectivity index (χ0n) is 11.3. The molecule has 1 unspecified atom stereocenters. The molecule has 2 aromatic rings. The molecular formula is C13H16N4O3. The standard InChI is InChI=1S/C13H16N4O3/c1-8(18)7-14-13-15-12(19)11(16-17-13)9-3-5-10(20-2)6-4-9/h3-6,8,18H,7H2,1-2H3,(H2,14,15,17,19). The van der Waals surface area contributed by atoms with Crippen molar-refractivity contribution in [1.82, 2.24) is 15.2 Å². The third-order valence-electron chi connectivity index (χ3n) is 2.63. The normalized spacial score (nSPS) is 11.9. The Morgan fingerprint density at radius 3 is 2.60 bits per heavy atom. The first-order valence-electron chi connectivity index (χ1n) is 6.13. The van der Waals surface area contributed by atoms with Gasteiger partial charge in [0, 0.05) is 12.1 Å². The van der Waals surface area contributed by atoms with E-state index in [1.807, 2.05) is 0 Å². The summed E-state index contributed by atoms with van der Waals surface area (Å²) >= 11 is 0. The van der Waals surface area contributed by atoms with E-state index in [1.54, 1.807) is 38.3 Å². The average molecular weight is 276 g/mol. The molecule has 1 heterocycles. The van der Waals surface area contributed by atoms with Crippen LogP contribution < -0.4 is 15.6 Å². The van der Waals surface area contributed by atoms with Crippen molar-refractivity contribution >= 4 is 5.95 Å². The van der Waals surface area contributed by atoms with E-state index in [-0.39, 0.29) is 23.7 Å². The Kier molecular flexibility index (Phi) is 4.31. The van der Waals surface area contributed by atoms with Crippen LogP contribution in [-0.4, -0.2) is 40.0 Å². The molecule has 0 aliphatic carbocycles. The van der Waals surface area contributed by atoms with Gasteiger partial charge >= 0.3 is 0 Å². The number of hydrogen-bond acceptors (Lipinski definition) is 6. The Hall–Kier alpha value is -2.41. The number of H-pyrrole nitrogens is 1. The minimum absolute atomic E-state index is 0.230. The van der Waals surface area contributed by atoms with Gasteiger partial charge in [-0.15, -0.1) is 10.2 Å². The highest BCUT2D eigenvalue weighted by molar-refractivity contribution is 5.58. The lowest BCUT2D eigenvalue weighted by Crippen LogP contribution is -2.21. The molecule has 1 aromatic heterocycles. The molecule has 7 nitrogen and oxygen atoms in total. The number of benzene rings is 1. The van der Waals surface area contributed by atoms with Gasteiger partial charge in [0.05, 0.1) is 13.2 Å². The van der Waals surface area contributed by atoms with Crippen LogP contribution >= 0.6 is 0 Å². The topological polar surface area (TPSA) is 100 Å². The smallest absolute Gasteiger partial charge is 0.279 e. The van der Waals surface area contributed by atoms with Gasteiger partial charge in [-0.3, -0.25) is 9.78 Å². The number of aliphatic hydroxyl groups excluding tert-OH is 1. The van der Waals surface area contributed by atoms with Crippen molar-refractivity contribution in [1.29, 1.82) is 0 Å². The largest absolute Gasteiger partial charge is 0.497 e. The van der Waals surface area contributed by atoms with E-state index in [1.165, 1.54) is 0 Å². The molecular weight excluding hydrogens is 260 g/mol. The fraction of sp³-hybridized carbons (Fsp3) is 0.308. The summed E-state index contributed by atoms with van der Waals surface area (Å²) in [4.78, 5) is 14.5. The Balaban J connectivity index is 2.22. The Morgan fingerprint density at radius 1 is 1.35 bits per heavy atom. The lowest BCUT2D eigenvalue weighted by atomic mass is 10.1. The zero-order chi connectivity index (χ0) is 14.5. The molecule has 0 saturated heterocycles. The molecule has 0 aliphatic heterocycles. The zero-order valence-corrected chi connectivity index (χ0v) is 11.3. The Morgan fingerprint density at radius 2 is 2.05 bits per heavy atom. The molecule has 3 N–H and O–H groups in total. The minimum atomic E-state index is -0.540. The molecule has 20 heavy (non-hydrogen) atoms. The molecule has 0 amide bonds. The van der Waals surface area contributed by atoms with Gasteiger partial charge in [0.2, 0.25) is 5.95 Å². The van der Waals surface area contributed by atoms with Gasteiger partial charge in [-0.05, 0) is 31.2 Å². The molecule has 7 heteroatoms. The number of nitrogens with one attached hydrogen (secondary N) is 2. The van der Waals surface area contributed by atoms with E-state index in [0.29, 0.717) is 11.3 Å². The summed E-state index contributed by atoms with van der Waals surface area (Å²) in [7, 11) is 1.57. The van der Waals surface area contributed by atoms with Crippen molar-refractivity contribution in [3.63, 3.8) is 0 Å². The van der Waals surface area contributed by atoms with Crippen molar-refractivity contribution in [3.8, 4) is 17.0 Å². The highest BCUT2D eigenvalue weighted by Gasteiger charge is 2.08. The predicted molar refractivity (Wildman–Crippen MR) is 74.8 cm³/mol. The minimum Gasteiger partial charge on any atom is -0.497 e. The van der Waals surface area contributed by atoms with Crippen molar-refractivity contribution in [2.75, 3.05) is 19.0 Å². The van der Waals surface area contributed by atoms with Gasteiger partial charge in [0.25, 0.3) is 5.56 Å². The van der Waals surface area contributed by atoms with E-state index in [4.69, 9.17) is 9.84 Å².